The predicted molar refractivity (Wildman–Crippen MR) is 116 cm³/mol. The van der Waals surface area contributed by atoms with E-state index in [1.165, 1.54) is 18.8 Å². The lowest BCUT2D eigenvalue weighted by Crippen LogP contribution is -2.27. The molecule has 0 atom stereocenters. The molecule has 0 aliphatic rings. The molecule has 0 spiro atoms. The van der Waals surface area contributed by atoms with Crippen LogP contribution in [0.5, 0.6) is 11.5 Å². The fourth-order valence-corrected chi connectivity index (χ4v) is 3.60. The summed E-state index contributed by atoms with van der Waals surface area (Å²) in [5, 5.41) is 0. The number of carbonyl (C=O) groups excluding carboxylic acids is 1. The summed E-state index contributed by atoms with van der Waals surface area (Å²) in [6.07, 6.45) is 0. The molecule has 0 saturated carbocycles. The lowest BCUT2D eigenvalue weighted by Gasteiger charge is -2.10. The number of fused-ring (bicyclic) bond motifs is 1. The van der Waals surface area contributed by atoms with Gasteiger partial charge in [-0.3, -0.25) is 13.9 Å². The Hall–Kier alpha value is -3.80. The van der Waals surface area contributed by atoms with E-state index in [4.69, 9.17) is 9.47 Å². The molecule has 0 bridgehead atoms. The molecule has 0 aliphatic carbocycles. The molecule has 30 heavy (non-hydrogen) atoms. The highest BCUT2D eigenvalue weighted by atomic mass is 16.5. The number of ether oxygens (including phenoxy) is 2. The summed E-state index contributed by atoms with van der Waals surface area (Å²) in [6, 6.07) is 22.3. The van der Waals surface area contributed by atoms with Crippen LogP contribution in [-0.4, -0.2) is 29.1 Å². The molecule has 0 aliphatic heterocycles. The van der Waals surface area contributed by atoms with Gasteiger partial charge in [0.15, 0.2) is 5.78 Å². The van der Waals surface area contributed by atoms with Crippen LogP contribution >= 0.6 is 0 Å². The minimum Gasteiger partial charge on any atom is -0.497 e. The molecular formula is C24H22N2O4. The van der Waals surface area contributed by atoms with Crippen molar-refractivity contribution < 1.29 is 14.3 Å². The van der Waals surface area contributed by atoms with E-state index in [1.807, 2.05) is 54.6 Å². The van der Waals surface area contributed by atoms with Crippen LogP contribution in [0.4, 0.5) is 0 Å². The Balaban J connectivity index is 1.76. The van der Waals surface area contributed by atoms with Crippen molar-refractivity contribution in [3.63, 3.8) is 0 Å². The van der Waals surface area contributed by atoms with Gasteiger partial charge in [-0.15, -0.1) is 0 Å². The van der Waals surface area contributed by atoms with Crippen LogP contribution in [0.3, 0.4) is 0 Å². The number of Topliss-reactive ketones (excluding diaryl/α,β-unsaturated/α-hetero) is 1. The quantitative estimate of drug-likeness (QED) is 0.442. The van der Waals surface area contributed by atoms with Crippen molar-refractivity contribution in [3.05, 3.63) is 94.4 Å². The maximum absolute atomic E-state index is 13.3. The van der Waals surface area contributed by atoms with Crippen LogP contribution in [-0.2, 0) is 13.1 Å². The van der Waals surface area contributed by atoms with Gasteiger partial charge in [0.25, 0.3) is 0 Å². The van der Waals surface area contributed by atoms with Crippen molar-refractivity contribution in [1.82, 2.24) is 9.13 Å². The third kappa shape index (κ3) is 3.59. The number of hydrogen-bond acceptors (Lipinski definition) is 4. The minimum absolute atomic E-state index is 0.0926. The summed E-state index contributed by atoms with van der Waals surface area (Å²) < 4.78 is 13.8. The Kier molecular flexibility index (Phi) is 5.39. The normalized spacial score (nSPS) is 10.9. The van der Waals surface area contributed by atoms with Gasteiger partial charge in [-0.05, 0) is 35.9 Å². The number of para-hydroxylation sites is 2. The van der Waals surface area contributed by atoms with Crippen LogP contribution < -0.4 is 15.2 Å². The topological polar surface area (TPSA) is 62.5 Å². The summed E-state index contributed by atoms with van der Waals surface area (Å²) in [5.74, 6) is 0.773. The van der Waals surface area contributed by atoms with E-state index in [-0.39, 0.29) is 18.0 Å². The monoisotopic (exact) mass is 402 g/mol. The number of methoxy groups -OCH3 is 2. The second kappa shape index (κ2) is 8.29. The Morgan fingerprint density at radius 2 is 1.50 bits per heavy atom. The van der Waals surface area contributed by atoms with Gasteiger partial charge in [0.05, 0.1) is 43.9 Å². The number of nitrogens with zero attached hydrogens (tertiary/aromatic N) is 2. The van der Waals surface area contributed by atoms with Gasteiger partial charge in [0.1, 0.15) is 11.5 Å². The van der Waals surface area contributed by atoms with Gasteiger partial charge in [-0.2, -0.15) is 0 Å². The van der Waals surface area contributed by atoms with Crippen molar-refractivity contribution in [2.24, 2.45) is 0 Å². The van der Waals surface area contributed by atoms with Crippen LogP contribution in [0.15, 0.2) is 77.6 Å². The number of benzene rings is 3. The van der Waals surface area contributed by atoms with Crippen LogP contribution in [0.25, 0.3) is 11.0 Å². The molecule has 0 unspecified atom stereocenters. The van der Waals surface area contributed by atoms with Crippen LogP contribution in [0.2, 0.25) is 0 Å². The smallest absolute Gasteiger partial charge is 0.329 e. The van der Waals surface area contributed by atoms with E-state index in [2.05, 4.69) is 0 Å². The number of hydrogen-bond donors (Lipinski definition) is 0. The lowest BCUT2D eigenvalue weighted by atomic mass is 10.1. The molecule has 6 heteroatoms. The highest BCUT2D eigenvalue weighted by Gasteiger charge is 2.19. The van der Waals surface area contributed by atoms with Gasteiger partial charge in [-0.25, -0.2) is 4.79 Å². The summed E-state index contributed by atoms with van der Waals surface area (Å²) in [6.45, 7) is 0.342. The van der Waals surface area contributed by atoms with Crippen molar-refractivity contribution >= 4 is 16.8 Å². The number of ketones is 1. The SMILES string of the molecule is COc1ccc(OC)c(C(=O)Cn2c(=O)n(Cc3ccccc3)c3ccccc32)c1. The zero-order valence-electron chi connectivity index (χ0n) is 16.9. The molecule has 152 valence electrons. The van der Waals surface area contributed by atoms with Crippen molar-refractivity contribution in [1.29, 1.82) is 0 Å². The Morgan fingerprint density at radius 3 is 2.17 bits per heavy atom. The summed E-state index contributed by atoms with van der Waals surface area (Å²) >= 11 is 0. The second-order valence-electron chi connectivity index (χ2n) is 6.92. The molecule has 0 amide bonds. The van der Waals surface area contributed by atoms with Crippen molar-refractivity contribution in [2.75, 3.05) is 14.2 Å². The first-order valence-electron chi connectivity index (χ1n) is 9.59. The minimum atomic E-state index is -0.227. The van der Waals surface area contributed by atoms with E-state index in [1.54, 1.807) is 22.8 Å². The van der Waals surface area contributed by atoms with E-state index in [0.29, 0.717) is 29.1 Å². The average Bonchev–Trinajstić information content (AvgIpc) is 3.05. The molecule has 6 nitrogen and oxygen atoms in total. The lowest BCUT2D eigenvalue weighted by molar-refractivity contribution is 0.0968. The molecule has 0 saturated heterocycles. The Bertz CT molecular complexity index is 1260. The number of aromatic nitrogens is 2. The molecule has 1 heterocycles. The number of carbonyl (C=O) groups is 1. The van der Waals surface area contributed by atoms with E-state index < -0.39 is 0 Å². The first-order valence-corrected chi connectivity index (χ1v) is 9.59. The first-order chi connectivity index (χ1) is 14.6. The maximum Gasteiger partial charge on any atom is 0.329 e. The fourth-order valence-electron chi connectivity index (χ4n) is 3.60. The van der Waals surface area contributed by atoms with Gasteiger partial charge in [0.2, 0.25) is 0 Å². The highest BCUT2D eigenvalue weighted by molar-refractivity contribution is 5.99. The first kappa shape index (κ1) is 19.5. The molecular weight excluding hydrogens is 380 g/mol. The van der Waals surface area contributed by atoms with Crippen molar-refractivity contribution in [2.45, 2.75) is 13.1 Å². The van der Waals surface area contributed by atoms with Crippen LogP contribution in [0.1, 0.15) is 15.9 Å². The zero-order valence-corrected chi connectivity index (χ0v) is 16.9. The number of rotatable bonds is 7. The third-order valence-electron chi connectivity index (χ3n) is 5.12. The van der Waals surface area contributed by atoms with Gasteiger partial charge in [-0.1, -0.05) is 42.5 Å². The van der Waals surface area contributed by atoms with Crippen LogP contribution in [0, 0.1) is 0 Å². The molecule has 3 aromatic carbocycles. The maximum atomic E-state index is 13.3. The standard InChI is InChI=1S/C24H22N2O4/c1-29-18-12-13-23(30-2)19(14-18)22(27)16-26-21-11-7-6-10-20(21)25(24(26)28)15-17-8-4-3-5-9-17/h3-14H,15-16H2,1-2H3. The molecule has 1 aromatic heterocycles. The zero-order chi connectivity index (χ0) is 21.1. The average molecular weight is 402 g/mol. The third-order valence-corrected chi connectivity index (χ3v) is 5.12. The summed E-state index contributed by atoms with van der Waals surface area (Å²) in [7, 11) is 3.05. The summed E-state index contributed by atoms with van der Waals surface area (Å²) in [4.78, 5) is 26.4. The Labute approximate surface area is 173 Å². The summed E-state index contributed by atoms with van der Waals surface area (Å²) in [5.41, 5.74) is 2.67. The van der Waals surface area contributed by atoms with Gasteiger partial charge in [0, 0.05) is 0 Å². The van der Waals surface area contributed by atoms with Crippen molar-refractivity contribution in [3.8, 4) is 11.5 Å². The molecule has 0 fully saturated rings. The van der Waals surface area contributed by atoms with Gasteiger partial charge >= 0.3 is 5.69 Å². The van der Waals surface area contributed by atoms with E-state index in [0.717, 1.165) is 11.1 Å². The van der Waals surface area contributed by atoms with Gasteiger partial charge < -0.3 is 9.47 Å². The van der Waals surface area contributed by atoms with E-state index in [9.17, 15) is 9.59 Å². The Morgan fingerprint density at radius 1 is 0.833 bits per heavy atom. The molecule has 0 N–H and O–H groups in total. The van der Waals surface area contributed by atoms with E-state index >= 15 is 0 Å². The second-order valence-corrected chi connectivity index (χ2v) is 6.92. The predicted octanol–water partition coefficient (Wildman–Crippen LogP) is 3.75. The molecule has 4 aromatic rings. The largest absolute Gasteiger partial charge is 0.497 e. The fraction of sp³-hybridized carbons (Fsp3) is 0.167. The molecule has 4 rings (SSSR count). The number of imidazole rings is 1. The highest BCUT2D eigenvalue weighted by Crippen LogP contribution is 2.25. The molecule has 0 radical (unpaired) electrons.